The van der Waals surface area contributed by atoms with E-state index in [0.717, 1.165) is 0 Å². The van der Waals surface area contributed by atoms with E-state index in [4.69, 9.17) is 11.6 Å². The Labute approximate surface area is 103 Å². The Morgan fingerprint density at radius 3 is 2.88 bits per heavy atom. The summed E-state index contributed by atoms with van der Waals surface area (Å²) in [6, 6.07) is 1.27. The van der Waals surface area contributed by atoms with Gasteiger partial charge in [0.15, 0.2) is 0 Å². The van der Waals surface area contributed by atoms with Crippen molar-refractivity contribution in [2.75, 3.05) is 18.0 Å². The van der Waals surface area contributed by atoms with Crippen molar-refractivity contribution in [2.24, 2.45) is 0 Å². The highest BCUT2D eigenvalue weighted by atomic mass is 35.5. The van der Waals surface area contributed by atoms with E-state index in [0.29, 0.717) is 25.3 Å². The Morgan fingerprint density at radius 2 is 2.41 bits per heavy atom. The Balaban J connectivity index is 2.26. The number of rotatable bonds is 2. The predicted molar refractivity (Wildman–Crippen MR) is 63.4 cm³/mol. The molecule has 0 bridgehead atoms. The van der Waals surface area contributed by atoms with E-state index >= 15 is 0 Å². The number of aliphatic hydroxyl groups is 1. The van der Waals surface area contributed by atoms with Gasteiger partial charge in [0, 0.05) is 19.2 Å². The molecular formula is C10H12ClN3O3. The van der Waals surface area contributed by atoms with Crippen LogP contribution in [0.3, 0.4) is 0 Å². The molecule has 0 aromatic carbocycles. The minimum Gasteiger partial charge on any atom is -0.388 e. The maximum absolute atomic E-state index is 10.5. The maximum Gasteiger partial charge on any atom is 0.289 e. The number of nitrogens with zero attached hydrogens (tertiary/aromatic N) is 3. The second-order valence-electron chi connectivity index (χ2n) is 4.42. The van der Waals surface area contributed by atoms with Crippen LogP contribution in [0.15, 0.2) is 12.3 Å². The summed E-state index contributed by atoms with van der Waals surface area (Å²) in [4.78, 5) is 15.8. The highest BCUT2D eigenvalue weighted by molar-refractivity contribution is 6.33. The minimum atomic E-state index is -0.757. The van der Waals surface area contributed by atoms with Crippen LogP contribution < -0.4 is 4.90 Å². The van der Waals surface area contributed by atoms with Gasteiger partial charge in [0.25, 0.3) is 5.69 Å². The molecule has 0 saturated carbocycles. The molecule has 92 valence electrons. The average Bonchev–Trinajstić information content (AvgIpc) is 2.58. The van der Waals surface area contributed by atoms with Gasteiger partial charge >= 0.3 is 0 Å². The lowest BCUT2D eigenvalue weighted by Crippen LogP contribution is -2.30. The van der Waals surface area contributed by atoms with Gasteiger partial charge in [-0.05, 0) is 13.3 Å². The molecule has 7 heteroatoms. The first kappa shape index (κ1) is 12.1. The van der Waals surface area contributed by atoms with Crippen molar-refractivity contribution in [3.8, 4) is 0 Å². The molecule has 1 aliphatic rings. The molecule has 1 saturated heterocycles. The summed E-state index contributed by atoms with van der Waals surface area (Å²) in [6.07, 6.45) is 1.80. The number of halogens is 1. The monoisotopic (exact) mass is 257 g/mol. The third-order valence-electron chi connectivity index (χ3n) is 2.77. The molecule has 1 fully saturated rings. The van der Waals surface area contributed by atoms with Crippen LogP contribution >= 0.6 is 11.6 Å². The van der Waals surface area contributed by atoms with E-state index < -0.39 is 10.5 Å². The zero-order chi connectivity index (χ0) is 12.6. The quantitative estimate of drug-likeness (QED) is 0.643. The third-order valence-corrected chi connectivity index (χ3v) is 3.05. The highest BCUT2D eigenvalue weighted by Crippen LogP contribution is 2.31. The molecular weight excluding hydrogens is 246 g/mol. The van der Waals surface area contributed by atoms with E-state index in [-0.39, 0.29) is 10.7 Å². The predicted octanol–water partition coefficient (Wildman–Crippen LogP) is 1.60. The zero-order valence-electron chi connectivity index (χ0n) is 9.26. The van der Waals surface area contributed by atoms with Gasteiger partial charge in [-0.2, -0.15) is 0 Å². The molecule has 1 aliphatic heterocycles. The summed E-state index contributed by atoms with van der Waals surface area (Å²) < 4.78 is 0. The van der Waals surface area contributed by atoms with Gasteiger partial charge < -0.3 is 10.0 Å². The van der Waals surface area contributed by atoms with Crippen molar-refractivity contribution in [3.05, 3.63) is 27.4 Å². The first-order valence-corrected chi connectivity index (χ1v) is 5.54. The number of pyridine rings is 1. The molecule has 1 N–H and O–H groups in total. The molecule has 0 spiro atoms. The molecule has 6 nitrogen and oxygen atoms in total. The lowest BCUT2D eigenvalue weighted by molar-refractivity contribution is -0.385. The van der Waals surface area contributed by atoms with E-state index in [1.807, 2.05) is 4.90 Å². The van der Waals surface area contributed by atoms with Gasteiger partial charge in [0.1, 0.15) is 12.0 Å². The van der Waals surface area contributed by atoms with E-state index in [9.17, 15) is 15.2 Å². The number of β-amino-alcohol motifs (C(OH)–C–C–N with tert-alkyl or cyclic N) is 1. The molecule has 0 amide bonds. The lowest BCUT2D eigenvalue weighted by Gasteiger charge is -2.20. The largest absolute Gasteiger partial charge is 0.388 e. The highest BCUT2D eigenvalue weighted by Gasteiger charge is 2.33. The fraction of sp³-hybridized carbons (Fsp3) is 0.500. The number of aromatic nitrogens is 1. The van der Waals surface area contributed by atoms with Crippen molar-refractivity contribution >= 4 is 23.1 Å². The summed E-state index contributed by atoms with van der Waals surface area (Å²) in [5.74, 6) is 0.482. The second kappa shape index (κ2) is 4.12. The van der Waals surface area contributed by atoms with Crippen molar-refractivity contribution in [2.45, 2.75) is 18.9 Å². The first-order chi connectivity index (χ1) is 7.89. The van der Waals surface area contributed by atoms with Gasteiger partial charge in [0.05, 0.1) is 15.5 Å². The van der Waals surface area contributed by atoms with Crippen LogP contribution in [0.2, 0.25) is 5.02 Å². The SMILES string of the molecule is CC1(O)CCN(c2ncc([N+](=O)[O-])cc2Cl)C1. The van der Waals surface area contributed by atoms with E-state index in [1.54, 1.807) is 6.92 Å². The van der Waals surface area contributed by atoms with Crippen LogP contribution in [-0.4, -0.2) is 33.7 Å². The van der Waals surface area contributed by atoms with Crippen LogP contribution in [0.5, 0.6) is 0 Å². The third kappa shape index (κ3) is 2.48. The summed E-state index contributed by atoms with van der Waals surface area (Å²) in [5, 5.41) is 20.6. The maximum atomic E-state index is 10.5. The second-order valence-corrected chi connectivity index (χ2v) is 4.83. The van der Waals surface area contributed by atoms with Gasteiger partial charge in [-0.1, -0.05) is 11.6 Å². The van der Waals surface area contributed by atoms with E-state index in [1.165, 1.54) is 12.3 Å². The Hall–Kier alpha value is -1.40. The van der Waals surface area contributed by atoms with Crippen LogP contribution in [0.4, 0.5) is 11.5 Å². The molecule has 2 heterocycles. The number of hydrogen-bond acceptors (Lipinski definition) is 5. The van der Waals surface area contributed by atoms with Crippen molar-refractivity contribution in [1.29, 1.82) is 0 Å². The Kier molecular flexibility index (Phi) is 2.92. The van der Waals surface area contributed by atoms with Crippen LogP contribution in [0, 0.1) is 10.1 Å². The van der Waals surface area contributed by atoms with E-state index in [2.05, 4.69) is 4.98 Å². The average molecular weight is 258 g/mol. The fourth-order valence-electron chi connectivity index (χ4n) is 1.88. The van der Waals surface area contributed by atoms with Gasteiger partial charge in [-0.25, -0.2) is 4.98 Å². The van der Waals surface area contributed by atoms with Crippen molar-refractivity contribution in [1.82, 2.24) is 4.98 Å². The van der Waals surface area contributed by atoms with Crippen molar-refractivity contribution in [3.63, 3.8) is 0 Å². The summed E-state index contributed by atoms with van der Waals surface area (Å²) in [6.45, 7) is 2.81. The standard InChI is InChI=1S/C10H12ClN3O3/c1-10(15)2-3-13(6-10)9-8(11)4-7(5-12-9)14(16)17/h4-5,15H,2-3,6H2,1H3. The Morgan fingerprint density at radius 1 is 1.71 bits per heavy atom. The number of hydrogen-bond donors (Lipinski definition) is 1. The number of nitro groups is 1. The van der Waals surface area contributed by atoms with Crippen LogP contribution in [-0.2, 0) is 0 Å². The topological polar surface area (TPSA) is 79.5 Å². The molecule has 17 heavy (non-hydrogen) atoms. The van der Waals surface area contributed by atoms with Gasteiger partial charge in [-0.3, -0.25) is 10.1 Å². The van der Waals surface area contributed by atoms with Crippen molar-refractivity contribution < 1.29 is 10.0 Å². The molecule has 1 atom stereocenters. The minimum absolute atomic E-state index is 0.135. The normalized spacial score (nSPS) is 24.1. The summed E-state index contributed by atoms with van der Waals surface area (Å²) >= 11 is 5.96. The molecule has 0 radical (unpaired) electrons. The summed E-state index contributed by atoms with van der Waals surface area (Å²) in [5.41, 5.74) is -0.892. The molecule has 1 aromatic heterocycles. The smallest absolute Gasteiger partial charge is 0.289 e. The molecule has 0 aliphatic carbocycles. The summed E-state index contributed by atoms with van der Waals surface area (Å²) in [7, 11) is 0. The zero-order valence-corrected chi connectivity index (χ0v) is 10.0. The Bertz CT molecular complexity index is 464. The molecule has 1 unspecified atom stereocenters. The van der Waals surface area contributed by atoms with Crippen LogP contribution in [0.1, 0.15) is 13.3 Å². The lowest BCUT2D eigenvalue weighted by atomic mass is 10.1. The number of anilines is 1. The molecule has 2 rings (SSSR count). The van der Waals surface area contributed by atoms with Gasteiger partial charge in [-0.15, -0.1) is 0 Å². The van der Waals surface area contributed by atoms with Gasteiger partial charge in [0.2, 0.25) is 0 Å². The first-order valence-electron chi connectivity index (χ1n) is 5.16. The fourth-order valence-corrected chi connectivity index (χ4v) is 2.16. The molecule has 1 aromatic rings. The van der Waals surface area contributed by atoms with Crippen LogP contribution in [0.25, 0.3) is 0 Å².